The third-order valence-electron chi connectivity index (χ3n) is 3.19. The number of carbonyl (C=O) groups is 1. The molecule has 0 aliphatic carbocycles. The summed E-state index contributed by atoms with van der Waals surface area (Å²) in [5.41, 5.74) is 1.94. The maximum absolute atomic E-state index is 12.0. The van der Waals surface area contributed by atoms with Crippen molar-refractivity contribution in [1.29, 1.82) is 0 Å². The molecule has 0 bridgehead atoms. The lowest BCUT2D eigenvalue weighted by Gasteiger charge is -2.16. The first-order chi connectivity index (χ1) is 9.93. The Morgan fingerprint density at radius 2 is 2.19 bits per heavy atom. The topological polar surface area (TPSA) is 38.1 Å². The average Bonchev–Trinajstić information content (AvgIpc) is 2.75. The van der Waals surface area contributed by atoms with Gasteiger partial charge in [-0.1, -0.05) is 30.3 Å². The predicted octanol–water partition coefficient (Wildman–Crippen LogP) is 3.67. The van der Waals surface area contributed by atoms with Gasteiger partial charge in [0, 0.05) is 25.7 Å². The Hall–Kier alpha value is -1.20. The largest absolute Gasteiger partial charge is 0.348 e. The predicted molar refractivity (Wildman–Crippen MR) is 89.0 cm³/mol. The normalized spacial score (nSPS) is 12.6. The van der Waals surface area contributed by atoms with Crippen molar-refractivity contribution in [3.8, 4) is 0 Å². The summed E-state index contributed by atoms with van der Waals surface area (Å²) < 4.78 is 2.16. The molecule has 21 heavy (non-hydrogen) atoms. The van der Waals surface area contributed by atoms with Crippen LogP contribution >= 0.6 is 23.4 Å². The second kappa shape index (κ2) is 6.71. The molecule has 0 radical (unpaired) electrons. The third kappa shape index (κ3) is 3.52. The van der Waals surface area contributed by atoms with E-state index < -0.39 is 0 Å². The molecular formula is C15H20ClN3OS. The number of thioether (sulfide) groups is 1. The lowest BCUT2D eigenvalue weighted by molar-refractivity contribution is -0.127. The van der Waals surface area contributed by atoms with Gasteiger partial charge in [0.15, 0.2) is 5.16 Å². The van der Waals surface area contributed by atoms with E-state index in [2.05, 4.69) is 16.5 Å². The maximum Gasteiger partial charge on any atom is 0.235 e. The minimum atomic E-state index is -0.164. The molecule has 0 spiro atoms. The van der Waals surface area contributed by atoms with E-state index in [1.165, 1.54) is 11.8 Å². The van der Waals surface area contributed by atoms with Crippen molar-refractivity contribution < 1.29 is 4.79 Å². The molecule has 4 nitrogen and oxygen atoms in total. The number of nitrogens with zero attached hydrogens (tertiary/aromatic N) is 3. The molecule has 1 unspecified atom stereocenters. The minimum Gasteiger partial charge on any atom is -0.348 e. The molecule has 114 valence electrons. The maximum atomic E-state index is 12.0. The molecule has 6 heteroatoms. The number of benzene rings is 1. The van der Waals surface area contributed by atoms with Crippen molar-refractivity contribution in [3.05, 3.63) is 23.2 Å². The number of fused-ring (bicyclic) bond motifs is 1. The van der Waals surface area contributed by atoms with Crippen LogP contribution in [0.5, 0.6) is 0 Å². The molecule has 2 aromatic rings. The van der Waals surface area contributed by atoms with Gasteiger partial charge >= 0.3 is 0 Å². The first-order valence-electron chi connectivity index (χ1n) is 6.97. The standard InChI is InChI=1S/C15H20ClN3OS/c1-5-8-19-13-7-6-11(16)9-12(13)17-15(19)21-10(2)14(20)18(3)4/h6-7,9-10H,5,8H2,1-4H3. The molecule has 0 fully saturated rings. The summed E-state index contributed by atoms with van der Waals surface area (Å²) >= 11 is 7.53. The van der Waals surface area contributed by atoms with Crippen molar-refractivity contribution in [2.75, 3.05) is 14.1 Å². The van der Waals surface area contributed by atoms with Crippen molar-refractivity contribution in [3.63, 3.8) is 0 Å². The highest BCUT2D eigenvalue weighted by molar-refractivity contribution is 8.00. The number of imidazole rings is 1. The second-order valence-corrected chi connectivity index (χ2v) is 6.92. The fourth-order valence-electron chi connectivity index (χ4n) is 2.18. The number of hydrogen-bond acceptors (Lipinski definition) is 3. The second-order valence-electron chi connectivity index (χ2n) is 5.17. The van der Waals surface area contributed by atoms with Crippen LogP contribution in [0.15, 0.2) is 23.4 Å². The van der Waals surface area contributed by atoms with Gasteiger partial charge in [0.25, 0.3) is 0 Å². The third-order valence-corrected chi connectivity index (χ3v) is 4.51. The Bertz CT molecular complexity index is 654. The van der Waals surface area contributed by atoms with Crippen molar-refractivity contribution in [1.82, 2.24) is 14.5 Å². The van der Waals surface area contributed by atoms with E-state index >= 15 is 0 Å². The summed E-state index contributed by atoms with van der Waals surface area (Å²) in [6, 6.07) is 5.73. The zero-order chi connectivity index (χ0) is 15.6. The smallest absolute Gasteiger partial charge is 0.235 e. The molecule has 0 saturated heterocycles. The molecule has 0 aliphatic rings. The van der Waals surface area contributed by atoms with E-state index in [1.54, 1.807) is 19.0 Å². The minimum absolute atomic E-state index is 0.0909. The first-order valence-corrected chi connectivity index (χ1v) is 8.23. The summed E-state index contributed by atoms with van der Waals surface area (Å²) in [7, 11) is 3.54. The monoisotopic (exact) mass is 325 g/mol. The van der Waals surface area contributed by atoms with Crippen LogP contribution in [-0.2, 0) is 11.3 Å². The molecule has 0 N–H and O–H groups in total. The number of carbonyl (C=O) groups excluding carboxylic acids is 1. The molecule has 1 amide bonds. The lowest BCUT2D eigenvalue weighted by atomic mass is 10.3. The molecule has 0 saturated carbocycles. The van der Waals surface area contributed by atoms with E-state index in [1.807, 2.05) is 25.1 Å². The van der Waals surface area contributed by atoms with Gasteiger partial charge in [-0.05, 0) is 31.5 Å². The Morgan fingerprint density at radius 1 is 1.48 bits per heavy atom. The number of aromatic nitrogens is 2. The van der Waals surface area contributed by atoms with Gasteiger partial charge in [-0.3, -0.25) is 4.79 Å². The van der Waals surface area contributed by atoms with E-state index in [9.17, 15) is 4.79 Å². The molecule has 1 atom stereocenters. The molecule has 0 aliphatic heterocycles. The van der Waals surface area contributed by atoms with Crippen LogP contribution in [0, 0.1) is 0 Å². The molecule has 1 heterocycles. The molecule has 2 rings (SSSR count). The molecule has 1 aromatic heterocycles. The van der Waals surface area contributed by atoms with E-state index in [0.29, 0.717) is 5.02 Å². The number of aryl methyl sites for hydroxylation is 1. The van der Waals surface area contributed by atoms with Gasteiger partial charge in [-0.15, -0.1) is 0 Å². The van der Waals surface area contributed by atoms with Crippen LogP contribution in [0.4, 0.5) is 0 Å². The van der Waals surface area contributed by atoms with Crippen LogP contribution in [-0.4, -0.2) is 39.7 Å². The summed E-state index contributed by atoms with van der Waals surface area (Å²) in [4.78, 5) is 18.3. The lowest BCUT2D eigenvalue weighted by Crippen LogP contribution is -2.29. The van der Waals surface area contributed by atoms with Crippen LogP contribution in [0.1, 0.15) is 20.3 Å². The van der Waals surface area contributed by atoms with Gasteiger partial charge < -0.3 is 9.47 Å². The van der Waals surface area contributed by atoms with Crippen LogP contribution < -0.4 is 0 Å². The summed E-state index contributed by atoms with van der Waals surface area (Å²) in [6.45, 7) is 4.92. The number of hydrogen-bond donors (Lipinski definition) is 0. The van der Waals surface area contributed by atoms with Gasteiger partial charge in [0.05, 0.1) is 16.3 Å². The van der Waals surface area contributed by atoms with E-state index in [4.69, 9.17) is 11.6 Å². The van der Waals surface area contributed by atoms with Crippen LogP contribution in [0.25, 0.3) is 11.0 Å². The summed E-state index contributed by atoms with van der Waals surface area (Å²) in [5, 5.41) is 1.39. The molecular weight excluding hydrogens is 306 g/mol. The van der Waals surface area contributed by atoms with Crippen molar-refractivity contribution in [2.24, 2.45) is 0 Å². The van der Waals surface area contributed by atoms with Crippen molar-refractivity contribution in [2.45, 2.75) is 37.2 Å². The van der Waals surface area contributed by atoms with Gasteiger partial charge in [-0.25, -0.2) is 4.98 Å². The fourth-order valence-corrected chi connectivity index (χ4v) is 3.44. The summed E-state index contributed by atoms with van der Waals surface area (Å²) in [6.07, 6.45) is 1.01. The fraction of sp³-hybridized carbons (Fsp3) is 0.467. The average molecular weight is 326 g/mol. The zero-order valence-corrected chi connectivity index (χ0v) is 14.3. The van der Waals surface area contributed by atoms with Crippen LogP contribution in [0.2, 0.25) is 5.02 Å². The highest BCUT2D eigenvalue weighted by Gasteiger charge is 2.20. The highest BCUT2D eigenvalue weighted by atomic mass is 35.5. The van der Waals surface area contributed by atoms with Gasteiger partial charge in [0.1, 0.15) is 0 Å². The van der Waals surface area contributed by atoms with E-state index in [0.717, 1.165) is 29.2 Å². The quantitative estimate of drug-likeness (QED) is 0.787. The van der Waals surface area contributed by atoms with Gasteiger partial charge in [0.2, 0.25) is 5.91 Å². The highest BCUT2D eigenvalue weighted by Crippen LogP contribution is 2.29. The number of amides is 1. The van der Waals surface area contributed by atoms with Crippen LogP contribution in [0.3, 0.4) is 0 Å². The molecule has 1 aromatic carbocycles. The Kier molecular flexibility index (Phi) is 5.17. The SMILES string of the molecule is CCCn1c(SC(C)C(=O)N(C)C)nc2cc(Cl)ccc21. The Morgan fingerprint density at radius 3 is 2.81 bits per heavy atom. The Labute approximate surface area is 134 Å². The first kappa shape index (κ1) is 16.2. The summed E-state index contributed by atoms with van der Waals surface area (Å²) in [5.74, 6) is 0.0909. The zero-order valence-electron chi connectivity index (χ0n) is 12.8. The Balaban J connectivity index is 2.38. The number of rotatable bonds is 5. The van der Waals surface area contributed by atoms with Crippen molar-refractivity contribution >= 4 is 40.3 Å². The van der Waals surface area contributed by atoms with E-state index in [-0.39, 0.29) is 11.2 Å². The van der Waals surface area contributed by atoms with Gasteiger partial charge in [-0.2, -0.15) is 0 Å². The number of halogens is 1.